The molecule has 2 fully saturated rings. The number of hydrogen-bond acceptors (Lipinski definition) is 16. The lowest BCUT2D eigenvalue weighted by atomic mass is 9.89. The van der Waals surface area contributed by atoms with E-state index in [0.717, 1.165) is 34.8 Å². The molecule has 192 valence electrons. The maximum atomic E-state index is 12.9. The van der Waals surface area contributed by atoms with E-state index in [1.807, 2.05) is 0 Å². The van der Waals surface area contributed by atoms with Crippen molar-refractivity contribution >= 4 is 81.2 Å². The predicted molar refractivity (Wildman–Crippen MR) is 130 cm³/mol. The van der Waals surface area contributed by atoms with Crippen molar-refractivity contribution in [1.29, 1.82) is 0 Å². The van der Waals surface area contributed by atoms with Gasteiger partial charge < -0.3 is 30.6 Å². The Hall–Kier alpha value is -3.03. The summed E-state index contributed by atoms with van der Waals surface area (Å²) in [7, 11) is 2.46. The molecule has 4 rings (SSSR count). The van der Waals surface area contributed by atoms with E-state index in [-0.39, 0.29) is 40.5 Å². The van der Waals surface area contributed by atoms with Crippen LogP contribution < -0.4 is 11.1 Å². The molecule has 2 aromatic rings. The number of aliphatic carboxylic acids is 1. The molecule has 0 radical (unpaired) electrons. The van der Waals surface area contributed by atoms with E-state index in [4.69, 9.17) is 10.6 Å². The summed E-state index contributed by atoms with van der Waals surface area (Å²) in [6, 6.07) is -0.884. The van der Waals surface area contributed by atoms with Crippen molar-refractivity contribution in [3.05, 3.63) is 11.6 Å². The normalized spacial score (nSPS) is 23.4. The second-order valence-corrected chi connectivity index (χ2v) is 11.3. The number of carbonyl (C=O) groups is 4. The van der Waals surface area contributed by atoms with Gasteiger partial charge in [-0.3, -0.25) is 14.4 Å². The van der Waals surface area contributed by atoms with E-state index < -0.39 is 40.6 Å². The predicted octanol–water partition coefficient (Wildman–Crippen LogP) is -0.628. The number of methoxy groups -OCH3 is 1. The molecule has 36 heavy (non-hydrogen) atoms. The van der Waals surface area contributed by atoms with Crippen LogP contribution in [-0.2, 0) is 24.0 Å². The number of anilines is 1. The number of carboxylic acid groups (broad SMARTS) is 1. The van der Waals surface area contributed by atoms with Gasteiger partial charge in [-0.15, -0.1) is 11.8 Å². The molecule has 2 aliphatic rings. The SMILES string of the molecule is CON=C(C(=O)NC1C(=O)N2CC(CSc3nc(C(=O)OC)ns3)(C(=O)O)CS[C@H]12)c1nsc(N)n1. The van der Waals surface area contributed by atoms with E-state index in [2.05, 4.69) is 33.9 Å². The first-order chi connectivity index (χ1) is 17.2. The summed E-state index contributed by atoms with van der Waals surface area (Å²) >= 11 is 4.21. The molecule has 2 saturated heterocycles. The zero-order valence-corrected chi connectivity index (χ0v) is 21.8. The molecule has 2 aliphatic heterocycles. The third-order valence-corrected chi connectivity index (χ3v) is 9.44. The van der Waals surface area contributed by atoms with Crippen LogP contribution in [0.5, 0.6) is 0 Å². The number of esters is 1. The Kier molecular flexibility index (Phi) is 7.62. The molecule has 2 unspecified atom stereocenters. The number of oxime groups is 1. The number of fused-ring (bicyclic) bond motifs is 1. The number of rotatable bonds is 9. The van der Waals surface area contributed by atoms with Crippen molar-refractivity contribution in [2.45, 2.75) is 15.8 Å². The van der Waals surface area contributed by atoms with Gasteiger partial charge in [-0.05, 0) is 11.5 Å². The molecule has 19 heteroatoms. The molecule has 0 aliphatic carbocycles. The minimum Gasteiger partial charge on any atom is -0.481 e. The number of aromatic nitrogens is 4. The van der Waals surface area contributed by atoms with Crippen molar-refractivity contribution in [3.63, 3.8) is 0 Å². The molecule has 0 spiro atoms. The summed E-state index contributed by atoms with van der Waals surface area (Å²) in [5, 5.41) is 15.9. The fourth-order valence-electron chi connectivity index (χ4n) is 3.36. The fourth-order valence-corrected chi connectivity index (χ4v) is 7.24. The van der Waals surface area contributed by atoms with Crippen LogP contribution in [0.1, 0.15) is 16.4 Å². The van der Waals surface area contributed by atoms with Gasteiger partial charge in [0.25, 0.3) is 11.7 Å². The maximum absolute atomic E-state index is 12.9. The van der Waals surface area contributed by atoms with Gasteiger partial charge in [-0.25, -0.2) is 9.78 Å². The standard InChI is InChI=1S/C17H18N8O7S4/c1-31-13(28)9-21-16(36-24-9)34-5-17(14(29)30)3-25-11(27)7(12(25)33-4-17)19-10(26)6(22-32-2)8-20-15(18)35-23-8/h7,12H,3-5H2,1-2H3,(H,19,26)(H,29,30)(H2,18,20,23)/t7?,12-,17?/m1/s1. The number of nitrogen functional groups attached to an aromatic ring is 1. The number of nitrogens with one attached hydrogen (secondary N) is 1. The molecule has 2 amide bonds. The van der Waals surface area contributed by atoms with E-state index in [9.17, 15) is 24.3 Å². The van der Waals surface area contributed by atoms with Crippen LogP contribution in [0.15, 0.2) is 9.50 Å². The van der Waals surface area contributed by atoms with Gasteiger partial charge in [-0.2, -0.15) is 13.7 Å². The number of carboxylic acids is 1. The van der Waals surface area contributed by atoms with Crippen molar-refractivity contribution in [2.24, 2.45) is 10.6 Å². The van der Waals surface area contributed by atoms with E-state index in [0.29, 0.717) is 4.34 Å². The quantitative estimate of drug-likeness (QED) is 0.112. The topological polar surface area (TPSA) is 212 Å². The Labute approximate surface area is 219 Å². The summed E-state index contributed by atoms with van der Waals surface area (Å²) in [5.74, 6) is -2.77. The molecule has 4 heterocycles. The van der Waals surface area contributed by atoms with Crippen molar-refractivity contribution in [2.75, 3.05) is 38.0 Å². The first kappa shape index (κ1) is 26.0. The molecule has 15 nitrogen and oxygen atoms in total. The highest BCUT2D eigenvalue weighted by molar-refractivity contribution is 8.01. The largest absolute Gasteiger partial charge is 0.481 e. The van der Waals surface area contributed by atoms with E-state index in [1.165, 1.54) is 30.9 Å². The number of carbonyl (C=O) groups excluding carboxylic acids is 3. The summed E-state index contributed by atoms with van der Waals surface area (Å²) in [6.07, 6.45) is 0. The Morgan fingerprint density at radius 3 is 2.67 bits per heavy atom. The molecule has 4 N–H and O–H groups in total. The molecular formula is C17H18N8O7S4. The lowest BCUT2D eigenvalue weighted by Gasteiger charge is -2.53. The second kappa shape index (κ2) is 10.5. The van der Waals surface area contributed by atoms with Crippen molar-refractivity contribution in [3.8, 4) is 0 Å². The zero-order chi connectivity index (χ0) is 26.0. The van der Waals surface area contributed by atoms with Crippen molar-refractivity contribution < 1.29 is 33.9 Å². The minimum atomic E-state index is -1.27. The highest BCUT2D eigenvalue weighted by Crippen LogP contribution is 2.44. The van der Waals surface area contributed by atoms with Gasteiger partial charge in [0.1, 0.15) is 23.9 Å². The first-order valence-corrected chi connectivity index (χ1v) is 13.5. The Bertz CT molecular complexity index is 1240. The number of amides is 2. The van der Waals surface area contributed by atoms with Gasteiger partial charge in [0.2, 0.25) is 17.4 Å². The average molecular weight is 575 g/mol. The smallest absolute Gasteiger partial charge is 0.377 e. The second-order valence-electron chi connectivity index (χ2n) is 7.45. The third kappa shape index (κ3) is 4.95. The average Bonchev–Trinajstić information content (AvgIpc) is 3.52. The van der Waals surface area contributed by atoms with Crippen LogP contribution in [0.3, 0.4) is 0 Å². The summed E-state index contributed by atoms with van der Waals surface area (Å²) in [5.41, 5.74) is 4.07. The third-order valence-electron chi connectivity index (χ3n) is 5.18. The lowest BCUT2D eigenvalue weighted by Crippen LogP contribution is -2.74. The fraction of sp³-hybridized carbons (Fsp3) is 0.471. The van der Waals surface area contributed by atoms with Gasteiger partial charge in [0.15, 0.2) is 9.47 Å². The van der Waals surface area contributed by atoms with Crippen molar-refractivity contribution in [1.82, 2.24) is 28.9 Å². The van der Waals surface area contributed by atoms with Gasteiger partial charge >= 0.3 is 11.9 Å². The Morgan fingerprint density at radius 1 is 1.28 bits per heavy atom. The van der Waals surface area contributed by atoms with Crippen LogP contribution >= 0.6 is 46.6 Å². The molecule has 3 atom stereocenters. The molecule has 0 saturated carbocycles. The first-order valence-electron chi connectivity index (χ1n) is 9.91. The van der Waals surface area contributed by atoms with Gasteiger partial charge in [0.05, 0.1) is 7.11 Å². The molecule has 2 aromatic heterocycles. The number of nitrogens with two attached hydrogens (primary N) is 1. The Morgan fingerprint density at radius 2 is 2.03 bits per heavy atom. The summed E-state index contributed by atoms with van der Waals surface area (Å²) in [4.78, 5) is 63.5. The molecule has 0 bridgehead atoms. The number of hydrogen-bond donors (Lipinski definition) is 3. The number of β-lactam (4-membered cyclic amide) rings is 1. The van der Waals surface area contributed by atoms with E-state index in [1.54, 1.807) is 0 Å². The highest BCUT2D eigenvalue weighted by atomic mass is 32.2. The Balaban J connectivity index is 1.41. The molecular weight excluding hydrogens is 557 g/mol. The van der Waals surface area contributed by atoms with Crippen LogP contribution in [0, 0.1) is 5.41 Å². The summed E-state index contributed by atoms with van der Waals surface area (Å²) < 4.78 is 12.8. The van der Waals surface area contributed by atoms with Crippen LogP contribution in [0.4, 0.5) is 5.13 Å². The molecule has 0 aromatic carbocycles. The lowest BCUT2D eigenvalue weighted by molar-refractivity contribution is -0.157. The number of nitrogens with zero attached hydrogens (tertiary/aromatic N) is 6. The number of ether oxygens (including phenoxy) is 1. The summed E-state index contributed by atoms with van der Waals surface area (Å²) in [6.45, 7) is -0.0515. The highest BCUT2D eigenvalue weighted by Gasteiger charge is 2.57. The van der Waals surface area contributed by atoms with Crippen LogP contribution in [0.2, 0.25) is 0 Å². The van der Waals surface area contributed by atoms with E-state index >= 15 is 0 Å². The number of thioether (sulfide) groups is 2. The monoisotopic (exact) mass is 574 g/mol. The maximum Gasteiger partial charge on any atom is 0.377 e. The van der Waals surface area contributed by atoms with Gasteiger partial charge in [-0.1, -0.05) is 16.9 Å². The minimum absolute atomic E-state index is 0.0364. The zero-order valence-electron chi connectivity index (χ0n) is 18.6. The van der Waals surface area contributed by atoms with Crippen LogP contribution in [-0.4, -0.2) is 102 Å². The van der Waals surface area contributed by atoms with Gasteiger partial charge in [0, 0.05) is 29.6 Å². The van der Waals surface area contributed by atoms with Crippen LogP contribution in [0.25, 0.3) is 0 Å².